The number of hydrogen-bond acceptors (Lipinski definition) is 5. The van der Waals surface area contributed by atoms with E-state index in [1.54, 1.807) is 7.11 Å². The van der Waals surface area contributed by atoms with Gasteiger partial charge in [-0.25, -0.2) is 9.97 Å². The molecule has 0 amide bonds. The van der Waals surface area contributed by atoms with Gasteiger partial charge in [0.05, 0.1) is 16.2 Å². The first-order valence-electron chi connectivity index (χ1n) is 9.36. The van der Waals surface area contributed by atoms with E-state index in [-0.39, 0.29) is 5.28 Å². The third-order valence-corrected chi connectivity index (χ3v) is 6.13. The number of nitrogens with zero attached hydrogens (tertiary/aromatic N) is 3. The highest BCUT2D eigenvalue weighted by Gasteiger charge is 2.21. The molecule has 146 valence electrons. The number of rotatable bonds is 5. The predicted molar refractivity (Wildman–Crippen MR) is 122 cm³/mol. The molecular formula is C21H22ClIN4O. The maximum Gasteiger partial charge on any atom is 0.224 e. The Morgan fingerprint density at radius 3 is 2.64 bits per heavy atom. The molecule has 0 unspecified atom stereocenters. The molecule has 7 heteroatoms. The molecule has 0 bridgehead atoms. The molecule has 1 aromatic heterocycles. The molecule has 0 spiro atoms. The summed E-state index contributed by atoms with van der Waals surface area (Å²) in [7, 11) is 1.68. The van der Waals surface area contributed by atoms with Gasteiger partial charge < -0.3 is 10.1 Å². The third-order valence-electron chi connectivity index (χ3n) is 5.12. The van der Waals surface area contributed by atoms with E-state index in [0.29, 0.717) is 6.04 Å². The molecule has 0 saturated carbocycles. The zero-order valence-electron chi connectivity index (χ0n) is 15.7. The highest BCUT2D eigenvalue weighted by Crippen LogP contribution is 2.31. The normalized spacial score (nSPS) is 15.7. The Labute approximate surface area is 183 Å². The summed E-state index contributed by atoms with van der Waals surface area (Å²) in [5.41, 5.74) is 2.19. The molecule has 5 nitrogen and oxygen atoms in total. The number of benzene rings is 2. The zero-order chi connectivity index (χ0) is 19.5. The number of anilines is 1. The van der Waals surface area contributed by atoms with Crippen LogP contribution in [-0.4, -0.2) is 41.1 Å². The number of fused-ring (bicyclic) bond motifs is 1. The van der Waals surface area contributed by atoms with E-state index in [4.69, 9.17) is 16.3 Å². The zero-order valence-corrected chi connectivity index (χ0v) is 18.6. The van der Waals surface area contributed by atoms with Gasteiger partial charge in [0, 0.05) is 31.1 Å². The van der Waals surface area contributed by atoms with E-state index in [0.717, 1.165) is 58.5 Å². The van der Waals surface area contributed by atoms with Crippen molar-refractivity contribution in [2.75, 3.05) is 25.5 Å². The number of ether oxygens (including phenoxy) is 1. The van der Waals surface area contributed by atoms with E-state index in [1.807, 2.05) is 12.1 Å². The highest BCUT2D eigenvalue weighted by atomic mass is 127. The van der Waals surface area contributed by atoms with Crippen molar-refractivity contribution in [3.63, 3.8) is 0 Å². The standard InChI is InChI=1S/C21H22ClIN4O/c1-28-19-11-16-18(12-17(19)23)25-21(22)26-20(16)24-15-7-9-27(10-8-15)13-14-5-3-2-4-6-14/h2-6,11-12,15H,7-10,13H2,1H3,(H,24,25,26). The van der Waals surface area contributed by atoms with Crippen LogP contribution >= 0.6 is 34.2 Å². The predicted octanol–water partition coefficient (Wildman–Crippen LogP) is 4.97. The summed E-state index contributed by atoms with van der Waals surface area (Å²) >= 11 is 8.42. The van der Waals surface area contributed by atoms with Crippen LogP contribution in [0.15, 0.2) is 42.5 Å². The van der Waals surface area contributed by atoms with Crippen LogP contribution in [0.25, 0.3) is 10.9 Å². The van der Waals surface area contributed by atoms with Crippen LogP contribution in [-0.2, 0) is 6.54 Å². The maximum absolute atomic E-state index is 6.18. The minimum Gasteiger partial charge on any atom is -0.496 e. The molecule has 4 rings (SSSR count). The fraction of sp³-hybridized carbons (Fsp3) is 0.333. The smallest absolute Gasteiger partial charge is 0.224 e. The lowest BCUT2D eigenvalue weighted by Crippen LogP contribution is -2.38. The summed E-state index contributed by atoms with van der Waals surface area (Å²) in [6, 6.07) is 15.0. The van der Waals surface area contributed by atoms with Crippen molar-refractivity contribution in [2.24, 2.45) is 0 Å². The topological polar surface area (TPSA) is 50.3 Å². The second-order valence-electron chi connectivity index (χ2n) is 7.03. The highest BCUT2D eigenvalue weighted by molar-refractivity contribution is 14.1. The average Bonchev–Trinajstić information content (AvgIpc) is 2.69. The molecule has 3 aromatic rings. The molecular weight excluding hydrogens is 487 g/mol. The SMILES string of the molecule is COc1cc2c(NC3CCN(Cc4ccccc4)CC3)nc(Cl)nc2cc1I. The van der Waals surface area contributed by atoms with Gasteiger partial charge in [0.25, 0.3) is 0 Å². The molecule has 1 aliphatic heterocycles. The van der Waals surface area contributed by atoms with Crippen LogP contribution < -0.4 is 10.1 Å². The minimum atomic E-state index is 0.262. The molecule has 1 saturated heterocycles. The summed E-state index contributed by atoms with van der Waals surface area (Å²) in [6.07, 6.45) is 2.13. The molecule has 1 N–H and O–H groups in total. The second-order valence-corrected chi connectivity index (χ2v) is 8.53. The Kier molecular flexibility index (Phi) is 6.18. The monoisotopic (exact) mass is 508 g/mol. The molecule has 1 aliphatic rings. The number of likely N-dealkylation sites (tertiary alicyclic amines) is 1. The van der Waals surface area contributed by atoms with Gasteiger partial charge in [-0.3, -0.25) is 4.90 Å². The van der Waals surface area contributed by atoms with E-state index in [2.05, 4.69) is 73.1 Å². The molecule has 28 heavy (non-hydrogen) atoms. The number of piperidine rings is 1. The number of hydrogen-bond donors (Lipinski definition) is 1. The van der Waals surface area contributed by atoms with Gasteiger partial charge in [-0.15, -0.1) is 0 Å². The summed E-state index contributed by atoms with van der Waals surface area (Å²) < 4.78 is 6.47. The molecule has 2 aromatic carbocycles. The van der Waals surface area contributed by atoms with Crippen molar-refractivity contribution in [3.8, 4) is 5.75 Å². The summed E-state index contributed by atoms with van der Waals surface area (Å²) in [4.78, 5) is 11.3. The first kappa shape index (κ1) is 19.7. The van der Waals surface area contributed by atoms with Crippen LogP contribution in [0.4, 0.5) is 5.82 Å². The second kappa shape index (κ2) is 8.80. The number of nitrogens with one attached hydrogen (secondary N) is 1. The minimum absolute atomic E-state index is 0.262. The Morgan fingerprint density at radius 2 is 1.93 bits per heavy atom. The van der Waals surface area contributed by atoms with Gasteiger partial charge >= 0.3 is 0 Å². The van der Waals surface area contributed by atoms with Crippen LogP contribution in [0.5, 0.6) is 5.75 Å². The Morgan fingerprint density at radius 1 is 1.18 bits per heavy atom. The maximum atomic E-state index is 6.18. The van der Waals surface area contributed by atoms with Crippen molar-refractivity contribution < 1.29 is 4.74 Å². The number of methoxy groups -OCH3 is 1. The Bertz CT molecular complexity index is 962. The van der Waals surface area contributed by atoms with Crippen LogP contribution in [0.1, 0.15) is 18.4 Å². The lowest BCUT2D eigenvalue weighted by atomic mass is 10.0. The van der Waals surface area contributed by atoms with Crippen molar-refractivity contribution in [1.29, 1.82) is 0 Å². The van der Waals surface area contributed by atoms with Crippen LogP contribution in [0.2, 0.25) is 5.28 Å². The van der Waals surface area contributed by atoms with Gasteiger partial charge in [-0.1, -0.05) is 30.3 Å². The quantitative estimate of drug-likeness (QED) is 0.389. The fourth-order valence-electron chi connectivity index (χ4n) is 3.64. The molecule has 1 fully saturated rings. The molecule has 2 heterocycles. The van der Waals surface area contributed by atoms with Gasteiger partial charge in [0.1, 0.15) is 11.6 Å². The first-order chi connectivity index (χ1) is 13.6. The van der Waals surface area contributed by atoms with E-state index in [9.17, 15) is 0 Å². The lowest BCUT2D eigenvalue weighted by molar-refractivity contribution is 0.211. The summed E-state index contributed by atoms with van der Waals surface area (Å²) in [5.74, 6) is 1.60. The van der Waals surface area contributed by atoms with Gasteiger partial charge in [0.2, 0.25) is 5.28 Å². The molecule has 0 aliphatic carbocycles. The largest absolute Gasteiger partial charge is 0.496 e. The van der Waals surface area contributed by atoms with E-state index in [1.165, 1.54) is 5.56 Å². The van der Waals surface area contributed by atoms with Gasteiger partial charge in [-0.05, 0) is 64.7 Å². The third kappa shape index (κ3) is 4.50. The number of aromatic nitrogens is 2. The first-order valence-corrected chi connectivity index (χ1v) is 10.8. The lowest BCUT2D eigenvalue weighted by Gasteiger charge is -2.32. The molecule has 0 radical (unpaired) electrons. The number of halogens is 2. The van der Waals surface area contributed by atoms with Crippen LogP contribution in [0.3, 0.4) is 0 Å². The van der Waals surface area contributed by atoms with Crippen molar-refractivity contribution >= 4 is 50.9 Å². The van der Waals surface area contributed by atoms with Crippen molar-refractivity contribution in [2.45, 2.75) is 25.4 Å². The van der Waals surface area contributed by atoms with E-state index >= 15 is 0 Å². The summed E-state index contributed by atoms with van der Waals surface area (Å²) in [6.45, 7) is 3.13. The Balaban J connectivity index is 1.47. The Hall–Kier alpha value is -1.64. The van der Waals surface area contributed by atoms with Gasteiger partial charge in [0.15, 0.2) is 0 Å². The van der Waals surface area contributed by atoms with E-state index < -0.39 is 0 Å². The van der Waals surface area contributed by atoms with Crippen molar-refractivity contribution in [1.82, 2.24) is 14.9 Å². The fourth-order valence-corrected chi connectivity index (χ4v) is 4.49. The van der Waals surface area contributed by atoms with Crippen LogP contribution in [0, 0.1) is 3.57 Å². The van der Waals surface area contributed by atoms with Crippen molar-refractivity contribution in [3.05, 3.63) is 56.9 Å². The average molecular weight is 509 g/mol. The summed E-state index contributed by atoms with van der Waals surface area (Å²) in [5, 5.41) is 4.80. The van der Waals surface area contributed by atoms with Gasteiger partial charge in [-0.2, -0.15) is 0 Å². The molecule has 0 atom stereocenters.